The van der Waals surface area contributed by atoms with E-state index in [-0.39, 0.29) is 17.8 Å². The highest BCUT2D eigenvalue weighted by atomic mass is 16.5. The predicted molar refractivity (Wildman–Crippen MR) is 151 cm³/mol. The van der Waals surface area contributed by atoms with E-state index >= 15 is 0 Å². The maximum atomic E-state index is 12.0. The maximum Gasteiger partial charge on any atom is 0.331 e. The van der Waals surface area contributed by atoms with Gasteiger partial charge >= 0.3 is 11.9 Å². The number of unbranched alkanes of at least 4 members (excludes halogenated alkanes) is 8. The Morgan fingerprint density at radius 1 is 0.917 bits per heavy atom. The number of allylic oxidation sites excluding steroid dienone is 9. The molecular formula is C32H50O4. The standard InChI is InChI=1S/C32H50O4/c1-26(21-22-29-28(3)19-16-23-32(29,4)5)17-15-18-27(2)25-31(35)36-24-14-12-10-8-6-7-9-11-13-20-30(33)34/h15,17-18,21-22,25H,6-14,16,19-20,23-24H2,1-5H3,(H,33,34)/b18-15+,22-21+,26-17-,27-25+. The first-order valence-electron chi connectivity index (χ1n) is 13.9. The molecule has 1 aliphatic carbocycles. The second kappa shape index (κ2) is 18.0. The van der Waals surface area contributed by atoms with Crippen LogP contribution in [0.15, 0.2) is 58.7 Å². The van der Waals surface area contributed by atoms with E-state index in [2.05, 4.69) is 45.9 Å². The molecule has 4 heteroatoms. The summed E-state index contributed by atoms with van der Waals surface area (Å²) in [6.07, 6.45) is 25.6. The monoisotopic (exact) mass is 498 g/mol. The van der Waals surface area contributed by atoms with Crippen molar-refractivity contribution in [2.24, 2.45) is 5.41 Å². The minimum absolute atomic E-state index is 0.250. The SMILES string of the molecule is CC1=C(/C=C/C(C)=C\C=C\C(C)=C\C(=O)OCCCCCCCCCCCC(=O)O)C(C)(C)CCC1. The Kier molecular flexibility index (Phi) is 15.8. The molecule has 0 fully saturated rings. The molecular weight excluding hydrogens is 448 g/mol. The fraction of sp³-hybridized carbons (Fsp3) is 0.625. The lowest BCUT2D eigenvalue weighted by Gasteiger charge is -2.32. The van der Waals surface area contributed by atoms with E-state index in [0.29, 0.717) is 6.61 Å². The highest BCUT2D eigenvalue weighted by Crippen LogP contribution is 2.40. The Hall–Kier alpha value is -2.36. The molecule has 0 aromatic carbocycles. The molecule has 0 spiro atoms. The van der Waals surface area contributed by atoms with Gasteiger partial charge in [0, 0.05) is 12.5 Å². The smallest absolute Gasteiger partial charge is 0.331 e. The predicted octanol–water partition coefficient (Wildman–Crippen LogP) is 9.05. The van der Waals surface area contributed by atoms with Gasteiger partial charge in [0.2, 0.25) is 0 Å². The lowest BCUT2D eigenvalue weighted by Crippen LogP contribution is -2.19. The van der Waals surface area contributed by atoms with Gasteiger partial charge in [-0.05, 0) is 69.4 Å². The van der Waals surface area contributed by atoms with E-state index in [0.717, 1.165) is 44.1 Å². The lowest BCUT2D eigenvalue weighted by atomic mass is 9.72. The normalized spacial score (nSPS) is 16.8. The topological polar surface area (TPSA) is 63.6 Å². The Morgan fingerprint density at radius 2 is 1.53 bits per heavy atom. The van der Waals surface area contributed by atoms with Crippen molar-refractivity contribution in [3.8, 4) is 0 Å². The molecule has 0 bridgehead atoms. The molecule has 0 aromatic heterocycles. The third-order valence-electron chi connectivity index (χ3n) is 6.90. The lowest BCUT2D eigenvalue weighted by molar-refractivity contribution is -0.138. The van der Waals surface area contributed by atoms with E-state index in [4.69, 9.17) is 9.84 Å². The van der Waals surface area contributed by atoms with Crippen molar-refractivity contribution < 1.29 is 19.4 Å². The van der Waals surface area contributed by atoms with Crippen molar-refractivity contribution in [2.75, 3.05) is 6.61 Å². The van der Waals surface area contributed by atoms with Crippen LogP contribution < -0.4 is 0 Å². The number of ether oxygens (including phenoxy) is 1. The number of aliphatic carboxylic acids is 1. The number of carboxylic acids is 1. The van der Waals surface area contributed by atoms with Crippen molar-refractivity contribution in [1.82, 2.24) is 0 Å². The minimum atomic E-state index is -0.698. The Labute approximate surface area is 220 Å². The maximum absolute atomic E-state index is 12.0. The molecule has 0 heterocycles. The molecule has 1 aliphatic rings. The molecule has 1 rings (SSSR count). The van der Waals surface area contributed by atoms with Crippen molar-refractivity contribution in [3.63, 3.8) is 0 Å². The van der Waals surface area contributed by atoms with E-state index < -0.39 is 5.97 Å². The number of carbonyl (C=O) groups excluding carboxylic acids is 1. The van der Waals surface area contributed by atoms with E-state index in [1.807, 2.05) is 19.1 Å². The molecule has 0 atom stereocenters. The van der Waals surface area contributed by atoms with Gasteiger partial charge < -0.3 is 9.84 Å². The van der Waals surface area contributed by atoms with Crippen LogP contribution in [0.25, 0.3) is 0 Å². The van der Waals surface area contributed by atoms with Crippen LogP contribution in [0.2, 0.25) is 0 Å². The highest BCUT2D eigenvalue weighted by molar-refractivity contribution is 5.83. The van der Waals surface area contributed by atoms with Crippen molar-refractivity contribution in [2.45, 2.75) is 118 Å². The minimum Gasteiger partial charge on any atom is -0.481 e. The van der Waals surface area contributed by atoms with Gasteiger partial charge in [-0.15, -0.1) is 0 Å². The molecule has 0 saturated carbocycles. The van der Waals surface area contributed by atoms with Crippen LogP contribution >= 0.6 is 0 Å². The molecule has 202 valence electrons. The molecule has 4 nitrogen and oxygen atoms in total. The van der Waals surface area contributed by atoms with Crippen LogP contribution in [0.3, 0.4) is 0 Å². The molecule has 0 amide bonds. The summed E-state index contributed by atoms with van der Waals surface area (Å²) in [5, 5.41) is 8.61. The van der Waals surface area contributed by atoms with Crippen LogP contribution in [0.1, 0.15) is 118 Å². The van der Waals surface area contributed by atoms with Gasteiger partial charge in [0.15, 0.2) is 0 Å². The average Bonchev–Trinajstić information content (AvgIpc) is 2.78. The number of hydrogen-bond acceptors (Lipinski definition) is 3. The molecule has 0 unspecified atom stereocenters. The molecule has 0 radical (unpaired) electrons. The van der Waals surface area contributed by atoms with Gasteiger partial charge in [-0.1, -0.05) is 100 Å². The zero-order valence-electron chi connectivity index (χ0n) is 23.5. The zero-order chi connectivity index (χ0) is 26.8. The quantitative estimate of drug-likeness (QED) is 0.0940. The number of esters is 1. The van der Waals surface area contributed by atoms with Crippen LogP contribution in [0, 0.1) is 5.41 Å². The Bertz CT molecular complexity index is 836. The molecule has 0 saturated heterocycles. The fourth-order valence-corrected chi connectivity index (χ4v) is 4.70. The summed E-state index contributed by atoms with van der Waals surface area (Å²) >= 11 is 0. The first-order valence-corrected chi connectivity index (χ1v) is 13.9. The van der Waals surface area contributed by atoms with E-state index in [1.54, 1.807) is 6.08 Å². The summed E-state index contributed by atoms with van der Waals surface area (Å²) < 4.78 is 5.34. The largest absolute Gasteiger partial charge is 0.481 e. The number of carboxylic acid groups (broad SMARTS) is 1. The summed E-state index contributed by atoms with van der Waals surface area (Å²) in [5.74, 6) is -0.975. The zero-order valence-corrected chi connectivity index (χ0v) is 23.5. The van der Waals surface area contributed by atoms with Gasteiger partial charge in [-0.2, -0.15) is 0 Å². The Balaban J connectivity index is 2.22. The van der Waals surface area contributed by atoms with Crippen LogP contribution in [0.4, 0.5) is 0 Å². The third-order valence-corrected chi connectivity index (χ3v) is 6.90. The van der Waals surface area contributed by atoms with Crippen molar-refractivity contribution in [3.05, 3.63) is 58.7 Å². The number of carbonyl (C=O) groups is 2. The van der Waals surface area contributed by atoms with Gasteiger partial charge in [-0.3, -0.25) is 4.79 Å². The third kappa shape index (κ3) is 14.9. The molecule has 36 heavy (non-hydrogen) atoms. The van der Waals surface area contributed by atoms with Crippen LogP contribution in [0.5, 0.6) is 0 Å². The summed E-state index contributed by atoms with van der Waals surface area (Å²) in [5.41, 5.74) is 5.28. The van der Waals surface area contributed by atoms with Gasteiger partial charge in [0.25, 0.3) is 0 Å². The van der Waals surface area contributed by atoms with Crippen molar-refractivity contribution in [1.29, 1.82) is 0 Å². The second-order valence-electron chi connectivity index (χ2n) is 10.9. The molecule has 0 aromatic rings. The van der Waals surface area contributed by atoms with E-state index in [1.165, 1.54) is 55.2 Å². The van der Waals surface area contributed by atoms with Crippen LogP contribution in [-0.2, 0) is 14.3 Å². The Morgan fingerprint density at radius 3 is 2.14 bits per heavy atom. The second-order valence-corrected chi connectivity index (χ2v) is 10.9. The highest BCUT2D eigenvalue weighted by Gasteiger charge is 2.26. The van der Waals surface area contributed by atoms with Gasteiger partial charge in [-0.25, -0.2) is 4.79 Å². The van der Waals surface area contributed by atoms with Gasteiger partial charge in [0.1, 0.15) is 0 Å². The first-order chi connectivity index (χ1) is 17.1. The van der Waals surface area contributed by atoms with Gasteiger partial charge in [0.05, 0.1) is 6.61 Å². The average molecular weight is 499 g/mol. The van der Waals surface area contributed by atoms with Crippen LogP contribution in [-0.4, -0.2) is 23.7 Å². The number of rotatable bonds is 17. The summed E-state index contributed by atoms with van der Waals surface area (Å²) in [4.78, 5) is 22.5. The fourth-order valence-electron chi connectivity index (χ4n) is 4.70. The summed E-state index contributed by atoms with van der Waals surface area (Å²) in [7, 11) is 0. The van der Waals surface area contributed by atoms with E-state index in [9.17, 15) is 9.59 Å². The molecule has 1 N–H and O–H groups in total. The number of hydrogen-bond donors (Lipinski definition) is 1. The van der Waals surface area contributed by atoms with Crippen molar-refractivity contribution >= 4 is 11.9 Å². The first kappa shape index (κ1) is 31.7. The summed E-state index contributed by atoms with van der Waals surface area (Å²) in [6, 6.07) is 0. The summed E-state index contributed by atoms with van der Waals surface area (Å²) in [6.45, 7) is 11.4. The molecule has 0 aliphatic heterocycles.